The predicted octanol–water partition coefficient (Wildman–Crippen LogP) is 3.91. The Morgan fingerprint density at radius 1 is 1.16 bits per heavy atom. The van der Waals surface area contributed by atoms with E-state index < -0.39 is 0 Å². The molecule has 1 amide bonds. The number of hydrogen-bond acceptors (Lipinski definition) is 3. The van der Waals surface area contributed by atoms with Crippen LogP contribution in [0.5, 0.6) is 11.5 Å². The maximum Gasteiger partial charge on any atom is 0.217 e. The van der Waals surface area contributed by atoms with E-state index in [0.29, 0.717) is 12.4 Å². The minimum absolute atomic E-state index is 0.00415. The number of phenolic OH excluding ortho intramolecular Hbond substituents is 1. The Labute approximate surface area is 148 Å². The van der Waals surface area contributed by atoms with E-state index in [1.54, 1.807) is 6.07 Å². The molecule has 0 aliphatic heterocycles. The van der Waals surface area contributed by atoms with Crippen LogP contribution in [0.3, 0.4) is 0 Å². The average Bonchev–Trinajstić information content (AvgIpc) is 2.61. The smallest absolute Gasteiger partial charge is 0.217 e. The Kier molecular flexibility index (Phi) is 5.39. The maximum absolute atomic E-state index is 11.4. The standard InChI is InChI=1S/C21H23NO3/c1-15(23)22-20-10-6-5-9-18(20)19-12-11-17(13-21(19)24)25-14-16-7-3-2-4-8-16/h2-8,11-13,18,20,24H,9-10,14H2,1H3,(H,22,23). The molecule has 0 aromatic heterocycles. The third-order valence-corrected chi connectivity index (χ3v) is 4.47. The molecule has 0 fully saturated rings. The molecule has 2 aromatic carbocycles. The average molecular weight is 337 g/mol. The monoisotopic (exact) mass is 337 g/mol. The summed E-state index contributed by atoms with van der Waals surface area (Å²) in [5.74, 6) is 0.860. The fraction of sp³-hybridized carbons (Fsp3) is 0.286. The number of carbonyl (C=O) groups excluding carboxylic acids is 1. The Morgan fingerprint density at radius 3 is 2.64 bits per heavy atom. The molecule has 4 heteroatoms. The first-order valence-corrected chi connectivity index (χ1v) is 8.55. The molecular formula is C21H23NO3. The van der Waals surface area contributed by atoms with Crippen LogP contribution in [0.25, 0.3) is 0 Å². The largest absolute Gasteiger partial charge is 0.508 e. The van der Waals surface area contributed by atoms with Crippen molar-refractivity contribution in [3.8, 4) is 11.5 Å². The van der Waals surface area contributed by atoms with Crippen LogP contribution in [-0.2, 0) is 11.4 Å². The van der Waals surface area contributed by atoms with Crippen LogP contribution < -0.4 is 10.1 Å². The molecule has 0 saturated carbocycles. The van der Waals surface area contributed by atoms with Crippen LogP contribution in [0.4, 0.5) is 0 Å². The Bertz CT molecular complexity index is 755. The summed E-state index contributed by atoms with van der Waals surface area (Å²) in [5, 5.41) is 13.5. The molecule has 130 valence electrons. The molecule has 2 unspecified atom stereocenters. The first-order valence-electron chi connectivity index (χ1n) is 8.55. The van der Waals surface area contributed by atoms with Crippen molar-refractivity contribution in [3.63, 3.8) is 0 Å². The molecule has 2 atom stereocenters. The van der Waals surface area contributed by atoms with Gasteiger partial charge in [0.25, 0.3) is 0 Å². The van der Waals surface area contributed by atoms with E-state index in [1.807, 2.05) is 42.5 Å². The van der Waals surface area contributed by atoms with Crippen molar-refractivity contribution >= 4 is 5.91 Å². The number of rotatable bonds is 5. The lowest BCUT2D eigenvalue weighted by atomic mass is 9.83. The lowest BCUT2D eigenvalue weighted by Crippen LogP contribution is -2.38. The molecule has 2 aromatic rings. The normalized spacial score (nSPS) is 19.4. The topological polar surface area (TPSA) is 58.6 Å². The highest BCUT2D eigenvalue weighted by Gasteiger charge is 2.27. The van der Waals surface area contributed by atoms with Gasteiger partial charge in [0.1, 0.15) is 18.1 Å². The van der Waals surface area contributed by atoms with Crippen LogP contribution in [0.2, 0.25) is 0 Å². The summed E-state index contributed by atoms with van der Waals surface area (Å²) in [5.41, 5.74) is 1.92. The van der Waals surface area contributed by atoms with E-state index in [0.717, 1.165) is 24.0 Å². The van der Waals surface area contributed by atoms with Crippen molar-refractivity contribution in [2.45, 2.75) is 38.3 Å². The molecule has 0 heterocycles. The van der Waals surface area contributed by atoms with Crippen LogP contribution >= 0.6 is 0 Å². The molecule has 0 saturated heterocycles. The zero-order chi connectivity index (χ0) is 17.6. The molecule has 1 aliphatic rings. The van der Waals surface area contributed by atoms with Crippen LogP contribution in [0.1, 0.15) is 36.8 Å². The number of allylic oxidation sites excluding steroid dienone is 1. The first-order chi connectivity index (χ1) is 12.1. The summed E-state index contributed by atoms with van der Waals surface area (Å²) in [7, 11) is 0. The summed E-state index contributed by atoms with van der Waals surface area (Å²) >= 11 is 0. The molecule has 25 heavy (non-hydrogen) atoms. The van der Waals surface area contributed by atoms with Crippen LogP contribution in [-0.4, -0.2) is 17.1 Å². The molecule has 3 rings (SSSR count). The van der Waals surface area contributed by atoms with Crippen molar-refractivity contribution < 1.29 is 14.6 Å². The molecule has 4 nitrogen and oxygen atoms in total. The number of carbonyl (C=O) groups is 1. The molecule has 2 N–H and O–H groups in total. The Balaban J connectivity index is 1.72. The quantitative estimate of drug-likeness (QED) is 0.813. The number of benzene rings is 2. The number of nitrogens with one attached hydrogen (secondary N) is 1. The molecule has 0 spiro atoms. The van der Waals surface area contributed by atoms with Crippen molar-refractivity contribution in [1.82, 2.24) is 5.32 Å². The van der Waals surface area contributed by atoms with Gasteiger partial charge in [0.2, 0.25) is 5.91 Å². The highest BCUT2D eigenvalue weighted by molar-refractivity contribution is 5.73. The van der Waals surface area contributed by atoms with Gasteiger partial charge < -0.3 is 15.2 Å². The predicted molar refractivity (Wildman–Crippen MR) is 97.6 cm³/mol. The zero-order valence-corrected chi connectivity index (χ0v) is 14.3. The van der Waals surface area contributed by atoms with Crippen molar-refractivity contribution in [2.75, 3.05) is 0 Å². The van der Waals surface area contributed by atoms with Gasteiger partial charge in [-0.05, 0) is 30.0 Å². The third kappa shape index (κ3) is 4.41. The SMILES string of the molecule is CC(=O)NC1CC=CCC1c1ccc(OCc2ccccc2)cc1O. The maximum atomic E-state index is 11.4. The summed E-state index contributed by atoms with van der Waals surface area (Å²) < 4.78 is 5.76. The van der Waals surface area contributed by atoms with Gasteiger partial charge in [0, 0.05) is 24.9 Å². The van der Waals surface area contributed by atoms with Gasteiger partial charge in [-0.15, -0.1) is 0 Å². The van der Waals surface area contributed by atoms with Gasteiger partial charge in [-0.3, -0.25) is 4.79 Å². The molecule has 0 bridgehead atoms. The van der Waals surface area contributed by atoms with Crippen LogP contribution in [0, 0.1) is 0 Å². The second-order valence-corrected chi connectivity index (χ2v) is 6.35. The fourth-order valence-corrected chi connectivity index (χ4v) is 3.25. The second-order valence-electron chi connectivity index (χ2n) is 6.35. The van der Waals surface area contributed by atoms with Gasteiger partial charge in [-0.2, -0.15) is 0 Å². The summed E-state index contributed by atoms with van der Waals surface area (Å²) in [6.07, 6.45) is 5.74. The molecular weight excluding hydrogens is 314 g/mol. The van der Waals surface area contributed by atoms with E-state index in [4.69, 9.17) is 4.74 Å². The van der Waals surface area contributed by atoms with Gasteiger partial charge in [-0.1, -0.05) is 48.6 Å². The van der Waals surface area contributed by atoms with E-state index in [9.17, 15) is 9.90 Å². The number of aromatic hydroxyl groups is 1. The lowest BCUT2D eigenvalue weighted by Gasteiger charge is -2.30. The second kappa shape index (κ2) is 7.88. The van der Waals surface area contributed by atoms with Crippen molar-refractivity contribution in [1.29, 1.82) is 0 Å². The van der Waals surface area contributed by atoms with Crippen LogP contribution in [0.15, 0.2) is 60.7 Å². The van der Waals surface area contributed by atoms with Gasteiger partial charge in [-0.25, -0.2) is 0 Å². The third-order valence-electron chi connectivity index (χ3n) is 4.47. The fourth-order valence-electron chi connectivity index (χ4n) is 3.25. The number of amides is 1. The molecule has 1 aliphatic carbocycles. The zero-order valence-electron chi connectivity index (χ0n) is 14.3. The van der Waals surface area contributed by atoms with E-state index in [1.165, 1.54) is 6.92 Å². The summed E-state index contributed by atoms with van der Waals surface area (Å²) in [4.78, 5) is 11.4. The van der Waals surface area contributed by atoms with Crippen molar-refractivity contribution in [3.05, 3.63) is 71.8 Å². The van der Waals surface area contributed by atoms with Gasteiger partial charge in [0.05, 0.1) is 0 Å². The Morgan fingerprint density at radius 2 is 1.92 bits per heavy atom. The number of phenols is 1. The number of hydrogen-bond donors (Lipinski definition) is 2. The summed E-state index contributed by atoms with van der Waals surface area (Å²) in [6.45, 7) is 1.98. The lowest BCUT2D eigenvalue weighted by molar-refractivity contribution is -0.119. The van der Waals surface area contributed by atoms with Crippen molar-refractivity contribution in [2.24, 2.45) is 0 Å². The minimum Gasteiger partial charge on any atom is -0.508 e. The van der Waals surface area contributed by atoms with Gasteiger partial charge in [0.15, 0.2) is 0 Å². The minimum atomic E-state index is -0.0485. The summed E-state index contributed by atoms with van der Waals surface area (Å²) in [6, 6.07) is 15.3. The highest BCUT2D eigenvalue weighted by Crippen LogP contribution is 2.36. The first kappa shape index (κ1) is 17.1. The van der Waals surface area contributed by atoms with E-state index in [2.05, 4.69) is 17.5 Å². The number of ether oxygens (including phenoxy) is 1. The van der Waals surface area contributed by atoms with Gasteiger partial charge >= 0.3 is 0 Å². The van der Waals surface area contributed by atoms with E-state index in [-0.39, 0.29) is 23.6 Å². The Hall–Kier alpha value is -2.75. The highest BCUT2D eigenvalue weighted by atomic mass is 16.5. The van der Waals surface area contributed by atoms with E-state index >= 15 is 0 Å². The molecule has 0 radical (unpaired) electrons.